The number of carbonyl (C=O) groups excluding carboxylic acids is 2. The van der Waals surface area contributed by atoms with E-state index in [0.29, 0.717) is 0 Å². The van der Waals surface area contributed by atoms with E-state index in [-0.39, 0.29) is 17.8 Å². The predicted molar refractivity (Wildman–Crippen MR) is 58.2 cm³/mol. The van der Waals surface area contributed by atoms with Gasteiger partial charge in [0, 0.05) is 6.07 Å². The van der Waals surface area contributed by atoms with E-state index in [1.54, 1.807) is 0 Å². The first-order valence-electron chi connectivity index (χ1n) is 4.88. The van der Waals surface area contributed by atoms with Gasteiger partial charge < -0.3 is 5.73 Å². The second kappa shape index (κ2) is 3.95. The van der Waals surface area contributed by atoms with Crippen LogP contribution >= 0.6 is 0 Å². The van der Waals surface area contributed by atoms with Crippen LogP contribution in [0.15, 0.2) is 24.3 Å². The molecule has 2 amide bonds. The van der Waals surface area contributed by atoms with Crippen molar-refractivity contribution in [2.45, 2.75) is 12.5 Å². The standard InChI is InChI=1S/C10H9N3O4/c11-6-5-9(14)12(10(6)15)7-3-1-2-4-8(7)13(16)17/h1-4,6H,5,11H2/t6-/m1/s1. The summed E-state index contributed by atoms with van der Waals surface area (Å²) in [5.74, 6) is -1.12. The van der Waals surface area contributed by atoms with Crippen molar-refractivity contribution in [3.63, 3.8) is 0 Å². The van der Waals surface area contributed by atoms with Crippen LogP contribution in [-0.4, -0.2) is 22.8 Å². The number of para-hydroxylation sites is 2. The van der Waals surface area contributed by atoms with Crippen LogP contribution in [0.3, 0.4) is 0 Å². The summed E-state index contributed by atoms with van der Waals surface area (Å²) >= 11 is 0. The Labute approximate surface area is 96.0 Å². The van der Waals surface area contributed by atoms with E-state index >= 15 is 0 Å². The molecule has 0 aliphatic carbocycles. The summed E-state index contributed by atoms with van der Waals surface area (Å²) in [7, 11) is 0. The van der Waals surface area contributed by atoms with Crippen LogP contribution < -0.4 is 10.6 Å². The van der Waals surface area contributed by atoms with Gasteiger partial charge in [-0.1, -0.05) is 12.1 Å². The van der Waals surface area contributed by atoms with Crippen molar-refractivity contribution in [3.05, 3.63) is 34.4 Å². The molecule has 1 aromatic carbocycles. The van der Waals surface area contributed by atoms with Gasteiger partial charge >= 0.3 is 0 Å². The smallest absolute Gasteiger partial charge is 0.293 e. The van der Waals surface area contributed by atoms with E-state index in [2.05, 4.69) is 0 Å². The fraction of sp³-hybridized carbons (Fsp3) is 0.200. The van der Waals surface area contributed by atoms with Crippen molar-refractivity contribution in [2.75, 3.05) is 4.90 Å². The van der Waals surface area contributed by atoms with Crippen LogP contribution in [-0.2, 0) is 9.59 Å². The minimum absolute atomic E-state index is 0.0274. The van der Waals surface area contributed by atoms with Gasteiger partial charge in [-0.2, -0.15) is 0 Å². The maximum atomic E-state index is 11.6. The lowest BCUT2D eigenvalue weighted by Crippen LogP contribution is -2.35. The molecule has 7 nitrogen and oxygen atoms in total. The minimum Gasteiger partial charge on any atom is -0.319 e. The van der Waals surface area contributed by atoms with Gasteiger partial charge in [-0.15, -0.1) is 0 Å². The van der Waals surface area contributed by atoms with E-state index in [9.17, 15) is 19.7 Å². The molecule has 1 atom stereocenters. The third-order valence-corrected chi connectivity index (χ3v) is 2.50. The highest BCUT2D eigenvalue weighted by molar-refractivity contribution is 6.23. The fourth-order valence-corrected chi connectivity index (χ4v) is 1.72. The van der Waals surface area contributed by atoms with Gasteiger partial charge in [0.25, 0.3) is 11.6 Å². The zero-order valence-corrected chi connectivity index (χ0v) is 8.70. The first kappa shape index (κ1) is 11.2. The first-order valence-corrected chi connectivity index (χ1v) is 4.88. The van der Waals surface area contributed by atoms with Gasteiger partial charge in [0.1, 0.15) is 5.69 Å². The number of rotatable bonds is 2. The number of hydrogen-bond acceptors (Lipinski definition) is 5. The summed E-state index contributed by atoms with van der Waals surface area (Å²) in [5.41, 5.74) is 5.12. The third kappa shape index (κ3) is 1.76. The van der Waals surface area contributed by atoms with Crippen LogP contribution in [0, 0.1) is 10.1 Å². The molecule has 0 radical (unpaired) electrons. The van der Waals surface area contributed by atoms with E-state index in [1.165, 1.54) is 24.3 Å². The Bertz CT molecular complexity index is 514. The summed E-state index contributed by atoms with van der Waals surface area (Å²) in [4.78, 5) is 34.2. The van der Waals surface area contributed by atoms with Crippen LogP contribution in [0.1, 0.15) is 6.42 Å². The number of nitro groups is 1. The number of anilines is 1. The Balaban J connectivity index is 2.51. The summed E-state index contributed by atoms with van der Waals surface area (Å²) in [5, 5.41) is 10.8. The monoisotopic (exact) mass is 235 g/mol. The van der Waals surface area contributed by atoms with E-state index < -0.39 is 22.8 Å². The molecule has 7 heteroatoms. The van der Waals surface area contributed by atoms with Crippen molar-refractivity contribution in [2.24, 2.45) is 5.73 Å². The Hall–Kier alpha value is -2.28. The highest BCUT2D eigenvalue weighted by Gasteiger charge is 2.39. The third-order valence-electron chi connectivity index (χ3n) is 2.50. The van der Waals surface area contributed by atoms with Crippen LogP contribution in [0.2, 0.25) is 0 Å². The van der Waals surface area contributed by atoms with Crippen molar-refractivity contribution < 1.29 is 14.5 Å². The van der Waals surface area contributed by atoms with Crippen LogP contribution in [0.5, 0.6) is 0 Å². The molecule has 1 aliphatic rings. The number of nitrogens with zero attached hydrogens (tertiary/aromatic N) is 2. The summed E-state index contributed by atoms with van der Waals surface area (Å²) < 4.78 is 0. The molecule has 0 bridgehead atoms. The van der Waals surface area contributed by atoms with Crippen molar-refractivity contribution in [1.29, 1.82) is 0 Å². The van der Waals surface area contributed by atoms with Crippen molar-refractivity contribution in [3.8, 4) is 0 Å². The van der Waals surface area contributed by atoms with Gasteiger partial charge in [0.2, 0.25) is 5.91 Å². The molecule has 1 saturated heterocycles. The molecule has 0 unspecified atom stereocenters. The van der Waals surface area contributed by atoms with Crippen LogP contribution in [0.4, 0.5) is 11.4 Å². The summed E-state index contributed by atoms with van der Waals surface area (Å²) in [6, 6.07) is 4.66. The first-order chi connectivity index (χ1) is 8.02. The summed E-state index contributed by atoms with van der Waals surface area (Å²) in [6.07, 6.45) is -0.120. The second-order valence-corrected chi connectivity index (χ2v) is 3.62. The average Bonchev–Trinajstić information content (AvgIpc) is 2.53. The number of carbonyl (C=O) groups is 2. The van der Waals surface area contributed by atoms with E-state index in [4.69, 9.17) is 5.73 Å². The Kier molecular flexibility index (Phi) is 2.60. The molecule has 0 saturated carbocycles. The molecule has 1 aliphatic heterocycles. The zero-order valence-electron chi connectivity index (χ0n) is 8.70. The number of nitro benzene ring substituents is 1. The molecular weight excluding hydrogens is 226 g/mol. The lowest BCUT2D eigenvalue weighted by molar-refractivity contribution is -0.384. The van der Waals surface area contributed by atoms with Crippen LogP contribution in [0.25, 0.3) is 0 Å². The number of benzene rings is 1. The highest BCUT2D eigenvalue weighted by Crippen LogP contribution is 2.31. The topological polar surface area (TPSA) is 107 Å². The summed E-state index contributed by atoms with van der Waals surface area (Å²) in [6.45, 7) is 0. The van der Waals surface area contributed by atoms with Crippen molar-refractivity contribution in [1.82, 2.24) is 0 Å². The molecule has 1 aromatic rings. The van der Waals surface area contributed by atoms with E-state index in [0.717, 1.165) is 4.90 Å². The zero-order chi connectivity index (χ0) is 12.6. The van der Waals surface area contributed by atoms with Gasteiger partial charge in [-0.05, 0) is 6.07 Å². The lowest BCUT2D eigenvalue weighted by Gasteiger charge is -2.13. The molecule has 2 N–H and O–H groups in total. The van der Waals surface area contributed by atoms with Gasteiger partial charge in [-0.3, -0.25) is 19.7 Å². The van der Waals surface area contributed by atoms with Gasteiger partial charge in [0.05, 0.1) is 17.4 Å². The number of amides is 2. The predicted octanol–water partition coefficient (Wildman–Crippen LogP) is 0.185. The van der Waals surface area contributed by atoms with Crippen molar-refractivity contribution >= 4 is 23.2 Å². The molecule has 17 heavy (non-hydrogen) atoms. The Morgan fingerprint density at radius 3 is 2.53 bits per heavy atom. The lowest BCUT2D eigenvalue weighted by atomic mass is 10.2. The molecule has 2 rings (SSSR count). The number of hydrogen-bond donors (Lipinski definition) is 1. The minimum atomic E-state index is -0.915. The van der Waals surface area contributed by atoms with E-state index in [1.807, 2.05) is 0 Å². The molecule has 1 fully saturated rings. The SMILES string of the molecule is N[C@@H]1CC(=O)N(c2ccccc2[N+](=O)[O-])C1=O. The maximum absolute atomic E-state index is 11.6. The van der Waals surface area contributed by atoms with Gasteiger partial charge in [-0.25, -0.2) is 4.90 Å². The molecule has 88 valence electrons. The molecule has 0 aromatic heterocycles. The Morgan fingerprint density at radius 1 is 1.35 bits per heavy atom. The molecule has 1 heterocycles. The number of nitrogens with two attached hydrogens (primary N) is 1. The highest BCUT2D eigenvalue weighted by atomic mass is 16.6. The fourth-order valence-electron chi connectivity index (χ4n) is 1.72. The maximum Gasteiger partial charge on any atom is 0.293 e. The Morgan fingerprint density at radius 2 is 2.00 bits per heavy atom. The number of imide groups is 1. The quantitative estimate of drug-likeness (QED) is 0.447. The normalized spacial score (nSPS) is 19.8. The second-order valence-electron chi connectivity index (χ2n) is 3.62. The average molecular weight is 235 g/mol. The molecule has 0 spiro atoms. The van der Waals surface area contributed by atoms with Gasteiger partial charge in [0.15, 0.2) is 0 Å². The largest absolute Gasteiger partial charge is 0.319 e. The molecular formula is C10H9N3O4.